The maximum Gasteiger partial charge on any atom is 0.256 e. The number of methoxy groups -OCH3 is 2. The van der Waals surface area contributed by atoms with Crippen molar-refractivity contribution >= 4 is 17.5 Å². The number of carbonyl (C=O) groups excluding carboxylic acids is 2. The highest BCUT2D eigenvalue weighted by Gasteiger charge is 2.30. The summed E-state index contributed by atoms with van der Waals surface area (Å²) >= 11 is 0. The van der Waals surface area contributed by atoms with E-state index in [4.69, 9.17) is 9.47 Å². The normalized spacial score (nSPS) is 17.0. The second-order valence-corrected chi connectivity index (χ2v) is 7.92. The van der Waals surface area contributed by atoms with Gasteiger partial charge in [0.2, 0.25) is 5.91 Å². The number of ether oxygens (including phenoxy) is 2. The van der Waals surface area contributed by atoms with Crippen molar-refractivity contribution in [1.82, 2.24) is 10.2 Å². The van der Waals surface area contributed by atoms with Gasteiger partial charge >= 0.3 is 0 Å². The molecule has 1 fully saturated rings. The fraction of sp³-hybridized carbons (Fsp3) is 0.600. The fourth-order valence-electron chi connectivity index (χ4n) is 3.11. The van der Waals surface area contributed by atoms with Crippen LogP contribution in [-0.4, -0.2) is 57.6 Å². The van der Waals surface area contributed by atoms with E-state index < -0.39 is 5.41 Å². The van der Waals surface area contributed by atoms with Crippen LogP contribution < -0.4 is 20.1 Å². The average Bonchev–Trinajstić information content (AvgIpc) is 3.08. The Hall–Kier alpha value is -2.28. The molecular weight excluding hydrogens is 346 g/mol. The van der Waals surface area contributed by atoms with Gasteiger partial charge in [0.1, 0.15) is 0 Å². The fourth-order valence-corrected chi connectivity index (χ4v) is 3.11. The number of hydrogen-bond acceptors (Lipinski definition) is 5. The molecule has 0 saturated carbocycles. The Morgan fingerprint density at radius 2 is 1.81 bits per heavy atom. The molecule has 7 heteroatoms. The van der Waals surface area contributed by atoms with E-state index in [0.29, 0.717) is 41.8 Å². The first-order chi connectivity index (χ1) is 12.7. The first kappa shape index (κ1) is 21.0. The number of carbonyl (C=O) groups is 2. The number of nitrogens with zero attached hydrogens (tertiary/aromatic N) is 1. The van der Waals surface area contributed by atoms with Crippen molar-refractivity contribution in [2.45, 2.75) is 27.2 Å². The molecule has 1 saturated heterocycles. The van der Waals surface area contributed by atoms with Gasteiger partial charge in [0, 0.05) is 24.6 Å². The van der Waals surface area contributed by atoms with Gasteiger partial charge in [0.05, 0.1) is 25.5 Å². The molecule has 1 unspecified atom stereocenters. The monoisotopic (exact) mass is 377 g/mol. The second-order valence-electron chi connectivity index (χ2n) is 7.92. The van der Waals surface area contributed by atoms with E-state index in [1.807, 2.05) is 32.7 Å². The molecule has 1 aromatic carbocycles. The van der Waals surface area contributed by atoms with Crippen LogP contribution in [0, 0.1) is 11.3 Å². The molecule has 0 aromatic heterocycles. The second kappa shape index (κ2) is 8.61. The van der Waals surface area contributed by atoms with E-state index >= 15 is 0 Å². The standard InChI is InChI=1S/C20H31N3O4/c1-20(2,3)19(25)22-15-10-17(27-6)16(26-5)9-14(15)18(24)23-8-7-13(12-23)11-21-4/h9-10,13,21H,7-8,11-12H2,1-6H3,(H,22,25). The zero-order valence-corrected chi connectivity index (χ0v) is 17.1. The summed E-state index contributed by atoms with van der Waals surface area (Å²) in [5.74, 6) is 1.08. The minimum absolute atomic E-state index is 0.112. The molecule has 1 heterocycles. The largest absolute Gasteiger partial charge is 0.493 e. The van der Waals surface area contributed by atoms with Gasteiger partial charge < -0.3 is 25.0 Å². The van der Waals surface area contributed by atoms with E-state index in [-0.39, 0.29) is 11.8 Å². The lowest BCUT2D eigenvalue weighted by Crippen LogP contribution is -2.32. The quantitative estimate of drug-likeness (QED) is 0.796. The number of anilines is 1. The molecule has 2 rings (SSSR count). The molecule has 0 bridgehead atoms. The zero-order chi connectivity index (χ0) is 20.2. The Balaban J connectivity index is 2.37. The number of hydrogen-bond donors (Lipinski definition) is 2. The number of rotatable bonds is 6. The molecule has 0 aliphatic carbocycles. The van der Waals surface area contributed by atoms with Crippen LogP contribution in [0.25, 0.3) is 0 Å². The van der Waals surface area contributed by atoms with Gasteiger partial charge in [-0.25, -0.2) is 0 Å². The maximum atomic E-state index is 13.2. The molecule has 27 heavy (non-hydrogen) atoms. The minimum Gasteiger partial charge on any atom is -0.493 e. The van der Waals surface area contributed by atoms with Crippen LogP contribution in [-0.2, 0) is 4.79 Å². The van der Waals surface area contributed by atoms with E-state index in [1.165, 1.54) is 14.2 Å². The molecule has 0 radical (unpaired) electrons. The van der Waals surface area contributed by atoms with Crippen LogP contribution in [0.15, 0.2) is 12.1 Å². The van der Waals surface area contributed by atoms with Crippen LogP contribution in [0.5, 0.6) is 11.5 Å². The summed E-state index contributed by atoms with van der Waals surface area (Å²) in [5.41, 5.74) is 0.268. The smallest absolute Gasteiger partial charge is 0.256 e. The van der Waals surface area contributed by atoms with Gasteiger partial charge in [0.25, 0.3) is 5.91 Å². The van der Waals surface area contributed by atoms with Gasteiger partial charge in [-0.05, 0) is 32.0 Å². The number of likely N-dealkylation sites (tertiary alicyclic amines) is 1. The summed E-state index contributed by atoms with van der Waals surface area (Å²) in [6.07, 6.45) is 0.962. The number of nitrogens with one attached hydrogen (secondary N) is 2. The summed E-state index contributed by atoms with van der Waals surface area (Å²) in [4.78, 5) is 27.5. The highest BCUT2D eigenvalue weighted by molar-refractivity contribution is 6.05. The van der Waals surface area contributed by atoms with Gasteiger partial charge in [-0.1, -0.05) is 20.8 Å². The van der Waals surface area contributed by atoms with Gasteiger partial charge in [0.15, 0.2) is 11.5 Å². The topological polar surface area (TPSA) is 79.9 Å². The van der Waals surface area contributed by atoms with Crippen molar-refractivity contribution in [3.05, 3.63) is 17.7 Å². The molecular formula is C20H31N3O4. The predicted molar refractivity (Wildman–Crippen MR) is 106 cm³/mol. The molecule has 7 nitrogen and oxygen atoms in total. The van der Waals surface area contributed by atoms with Crippen LogP contribution in [0.3, 0.4) is 0 Å². The third-order valence-electron chi connectivity index (χ3n) is 4.75. The highest BCUT2D eigenvalue weighted by Crippen LogP contribution is 2.35. The summed E-state index contributed by atoms with van der Waals surface area (Å²) in [6.45, 7) is 7.75. The lowest BCUT2D eigenvalue weighted by molar-refractivity contribution is -0.123. The van der Waals surface area contributed by atoms with Crippen molar-refractivity contribution in [3.8, 4) is 11.5 Å². The Morgan fingerprint density at radius 3 is 2.37 bits per heavy atom. The van der Waals surface area contributed by atoms with Crippen molar-refractivity contribution in [2.75, 3.05) is 46.2 Å². The van der Waals surface area contributed by atoms with Crippen LogP contribution in [0.2, 0.25) is 0 Å². The number of benzene rings is 1. The summed E-state index contributed by atoms with van der Waals surface area (Å²) in [6, 6.07) is 3.29. The van der Waals surface area contributed by atoms with Crippen LogP contribution in [0.1, 0.15) is 37.6 Å². The van der Waals surface area contributed by atoms with Crippen molar-refractivity contribution in [3.63, 3.8) is 0 Å². The summed E-state index contributed by atoms with van der Waals surface area (Å²) in [5, 5.41) is 6.05. The molecule has 1 aromatic rings. The maximum absolute atomic E-state index is 13.2. The third-order valence-corrected chi connectivity index (χ3v) is 4.75. The number of amides is 2. The molecule has 0 spiro atoms. The summed E-state index contributed by atoms with van der Waals surface area (Å²) in [7, 11) is 4.97. The molecule has 2 N–H and O–H groups in total. The molecule has 2 amide bonds. The van der Waals surface area contributed by atoms with E-state index in [1.54, 1.807) is 12.1 Å². The van der Waals surface area contributed by atoms with Gasteiger partial charge in [-0.2, -0.15) is 0 Å². The van der Waals surface area contributed by atoms with Gasteiger partial charge in [-0.15, -0.1) is 0 Å². The summed E-state index contributed by atoms with van der Waals surface area (Å²) < 4.78 is 10.7. The third kappa shape index (κ3) is 4.91. The Kier molecular flexibility index (Phi) is 6.70. The van der Waals surface area contributed by atoms with Gasteiger partial charge in [-0.3, -0.25) is 9.59 Å². The van der Waals surface area contributed by atoms with Crippen molar-refractivity contribution < 1.29 is 19.1 Å². The zero-order valence-electron chi connectivity index (χ0n) is 17.1. The van der Waals surface area contributed by atoms with Crippen molar-refractivity contribution in [1.29, 1.82) is 0 Å². The Labute approximate surface area is 161 Å². The molecule has 1 atom stereocenters. The van der Waals surface area contributed by atoms with E-state index in [2.05, 4.69) is 10.6 Å². The SMILES string of the molecule is CNCC1CCN(C(=O)c2cc(OC)c(OC)cc2NC(=O)C(C)(C)C)C1. The van der Waals surface area contributed by atoms with Crippen LogP contribution >= 0.6 is 0 Å². The molecule has 1 aliphatic heterocycles. The van der Waals surface area contributed by atoms with E-state index in [0.717, 1.165) is 13.0 Å². The first-order valence-corrected chi connectivity index (χ1v) is 9.22. The van der Waals surface area contributed by atoms with Crippen molar-refractivity contribution in [2.24, 2.45) is 11.3 Å². The molecule has 150 valence electrons. The predicted octanol–water partition coefficient (Wildman–Crippen LogP) is 2.37. The highest BCUT2D eigenvalue weighted by atomic mass is 16.5. The Bertz CT molecular complexity index is 697. The minimum atomic E-state index is -0.584. The lowest BCUT2D eigenvalue weighted by atomic mass is 9.95. The lowest BCUT2D eigenvalue weighted by Gasteiger charge is -2.23. The average molecular weight is 377 g/mol. The molecule has 1 aliphatic rings. The Morgan fingerprint density at radius 1 is 1.19 bits per heavy atom. The first-order valence-electron chi connectivity index (χ1n) is 9.22. The van der Waals surface area contributed by atoms with E-state index in [9.17, 15) is 9.59 Å². The van der Waals surface area contributed by atoms with Crippen LogP contribution in [0.4, 0.5) is 5.69 Å².